The van der Waals surface area contributed by atoms with E-state index in [1.165, 1.54) is 33.6 Å². The second kappa shape index (κ2) is 14.3. The predicted octanol–water partition coefficient (Wildman–Crippen LogP) is 10.3. The van der Waals surface area contributed by atoms with Crippen LogP contribution in [0, 0.1) is 0 Å². The Hall–Kier alpha value is -4.76. The van der Waals surface area contributed by atoms with Crippen molar-refractivity contribution in [1.29, 1.82) is 0 Å². The van der Waals surface area contributed by atoms with Crippen LogP contribution in [-0.2, 0) is 13.0 Å². The second-order valence-electron chi connectivity index (χ2n) is 12.1. The number of benzene rings is 2. The lowest BCUT2D eigenvalue weighted by Crippen LogP contribution is -2.30. The Bertz CT molecular complexity index is 1740. The number of allylic oxidation sites excluding steroid dienone is 11. The first-order valence-corrected chi connectivity index (χ1v) is 16.4. The van der Waals surface area contributed by atoms with Gasteiger partial charge < -0.3 is 15.6 Å². The van der Waals surface area contributed by atoms with Crippen LogP contribution in [0.3, 0.4) is 0 Å². The van der Waals surface area contributed by atoms with Crippen LogP contribution in [0.4, 0.5) is 5.69 Å². The number of nitrogens with two attached hydrogens (primary N) is 1. The van der Waals surface area contributed by atoms with Gasteiger partial charge in [-0.05, 0) is 91.5 Å². The van der Waals surface area contributed by atoms with Gasteiger partial charge in [0.25, 0.3) is 0 Å². The Balaban J connectivity index is 1.36. The van der Waals surface area contributed by atoms with E-state index in [1.807, 2.05) is 0 Å². The number of nitrogens with zero attached hydrogens (tertiary/aromatic N) is 1. The van der Waals surface area contributed by atoms with Crippen molar-refractivity contribution in [2.45, 2.75) is 64.0 Å². The SMILES string of the molecule is C=C(/C=C\C/C=C\C)C1c2c3c(n(CC/C=C\C4=C(N)CCC=C4)c2C=CC1Nc1ccccc1-c1ccccc1)C=CCC3. The number of hydrogen-bond donors (Lipinski definition) is 2. The Kier molecular flexibility index (Phi) is 9.65. The summed E-state index contributed by atoms with van der Waals surface area (Å²) >= 11 is 0. The fraction of sp³-hybridized carbons (Fsp3) is 0.238. The van der Waals surface area contributed by atoms with E-state index in [-0.39, 0.29) is 12.0 Å². The Morgan fingerprint density at radius 1 is 0.933 bits per heavy atom. The number of fused-ring (bicyclic) bond motifs is 3. The van der Waals surface area contributed by atoms with Crippen LogP contribution in [-0.4, -0.2) is 10.6 Å². The van der Waals surface area contributed by atoms with Crippen molar-refractivity contribution < 1.29 is 0 Å². The molecule has 3 aliphatic carbocycles. The minimum Gasteiger partial charge on any atom is -0.402 e. The average molecular weight is 592 g/mol. The molecule has 2 atom stereocenters. The van der Waals surface area contributed by atoms with Crippen LogP contribution < -0.4 is 11.1 Å². The van der Waals surface area contributed by atoms with Crippen molar-refractivity contribution in [3.05, 3.63) is 161 Å². The largest absolute Gasteiger partial charge is 0.402 e. The molecule has 3 N–H and O–H groups in total. The maximum absolute atomic E-state index is 6.27. The lowest BCUT2D eigenvalue weighted by molar-refractivity contribution is 0.680. The summed E-state index contributed by atoms with van der Waals surface area (Å²) in [6, 6.07) is 19.4. The van der Waals surface area contributed by atoms with Gasteiger partial charge in [0.1, 0.15) is 0 Å². The summed E-state index contributed by atoms with van der Waals surface area (Å²) in [5.74, 6) is 0.116. The number of nitrogens with one attached hydrogen (secondary N) is 1. The molecule has 3 aromatic rings. The van der Waals surface area contributed by atoms with Gasteiger partial charge in [0.05, 0.1) is 6.04 Å². The van der Waals surface area contributed by atoms with Gasteiger partial charge in [-0.1, -0.05) is 116 Å². The summed E-state index contributed by atoms with van der Waals surface area (Å²) in [7, 11) is 0. The van der Waals surface area contributed by atoms with E-state index in [9.17, 15) is 0 Å². The molecule has 0 amide bonds. The summed E-state index contributed by atoms with van der Waals surface area (Å²) < 4.78 is 2.54. The molecule has 0 fully saturated rings. The highest BCUT2D eigenvalue weighted by atomic mass is 15.0. The molecule has 1 heterocycles. The molecule has 0 bridgehead atoms. The van der Waals surface area contributed by atoms with Gasteiger partial charge in [0, 0.05) is 40.8 Å². The van der Waals surface area contributed by atoms with Gasteiger partial charge in [0.15, 0.2) is 0 Å². The Labute approximate surface area is 269 Å². The first kappa shape index (κ1) is 30.3. The number of rotatable bonds is 11. The van der Waals surface area contributed by atoms with E-state index in [0.29, 0.717) is 0 Å². The van der Waals surface area contributed by atoms with Crippen LogP contribution in [0.1, 0.15) is 67.5 Å². The van der Waals surface area contributed by atoms with Gasteiger partial charge in [-0.15, -0.1) is 0 Å². The van der Waals surface area contributed by atoms with Crippen molar-refractivity contribution in [1.82, 2.24) is 4.57 Å². The van der Waals surface area contributed by atoms with Crippen LogP contribution in [0.25, 0.3) is 23.3 Å². The molecule has 45 heavy (non-hydrogen) atoms. The molecular formula is C42H45N3. The maximum atomic E-state index is 6.27. The van der Waals surface area contributed by atoms with E-state index in [1.54, 1.807) is 0 Å². The van der Waals surface area contributed by atoms with E-state index < -0.39 is 0 Å². The molecule has 228 valence electrons. The highest BCUT2D eigenvalue weighted by Gasteiger charge is 2.35. The zero-order valence-electron chi connectivity index (χ0n) is 26.5. The first-order chi connectivity index (χ1) is 22.2. The van der Waals surface area contributed by atoms with Gasteiger partial charge in [0.2, 0.25) is 0 Å². The van der Waals surface area contributed by atoms with Crippen LogP contribution in [0.15, 0.2) is 139 Å². The second-order valence-corrected chi connectivity index (χ2v) is 12.1. The van der Waals surface area contributed by atoms with Crippen LogP contribution in [0.2, 0.25) is 0 Å². The molecule has 2 unspecified atom stereocenters. The van der Waals surface area contributed by atoms with Crippen molar-refractivity contribution >= 4 is 17.8 Å². The fourth-order valence-electron chi connectivity index (χ4n) is 6.88. The van der Waals surface area contributed by atoms with Crippen molar-refractivity contribution in [2.75, 3.05) is 5.32 Å². The van der Waals surface area contributed by atoms with E-state index in [0.717, 1.165) is 67.6 Å². The zero-order chi connectivity index (χ0) is 31.0. The third kappa shape index (κ3) is 6.68. The molecule has 0 radical (unpaired) electrons. The van der Waals surface area contributed by atoms with Gasteiger partial charge in [-0.3, -0.25) is 0 Å². The molecular weight excluding hydrogens is 546 g/mol. The Morgan fingerprint density at radius 2 is 1.73 bits per heavy atom. The fourth-order valence-corrected chi connectivity index (χ4v) is 6.88. The lowest BCUT2D eigenvalue weighted by Gasteiger charge is -2.32. The average Bonchev–Trinajstić information content (AvgIpc) is 3.39. The van der Waals surface area contributed by atoms with Crippen LogP contribution >= 0.6 is 0 Å². The van der Waals surface area contributed by atoms with Crippen molar-refractivity contribution in [3.8, 4) is 11.1 Å². The molecule has 3 aliphatic rings. The van der Waals surface area contributed by atoms with Crippen LogP contribution in [0.5, 0.6) is 0 Å². The Morgan fingerprint density at radius 3 is 2.58 bits per heavy atom. The zero-order valence-corrected chi connectivity index (χ0v) is 26.5. The molecule has 3 nitrogen and oxygen atoms in total. The van der Waals surface area contributed by atoms with E-state index in [4.69, 9.17) is 12.3 Å². The van der Waals surface area contributed by atoms with E-state index >= 15 is 0 Å². The smallest absolute Gasteiger partial charge is 0.0558 e. The first-order valence-electron chi connectivity index (χ1n) is 16.4. The summed E-state index contributed by atoms with van der Waals surface area (Å²) in [5.41, 5.74) is 18.7. The molecule has 1 aromatic heterocycles. The third-order valence-corrected chi connectivity index (χ3v) is 9.10. The van der Waals surface area contributed by atoms with Crippen molar-refractivity contribution in [3.63, 3.8) is 0 Å². The normalized spacial score (nSPS) is 19.1. The van der Waals surface area contributed by atoms with Crippen molar-refractivity contribution in [2.24, 2.45) is 5.73 Å². The topological polar surface area (TPSA) is 43.0 Å². The maximum Gasteiger partial charge on any atom is 0.0558 e. The van der Waals surface area contributed by atoms with E-state index in [2.05, 4.69) is 144 Å². The highest BCUT2D eigenvalue weighted by molar-refractivity contribution is 5.79. The third-order valence-electron chi connectivity index (χ3n) is 9.10. The molecule has 3 heteroatoms. The van der Waals surface area contributed by atoms with Gasteiger partial charge >= 0.3 is 0 Å². The van der Waals surface area contributed by atoms with Gasteiger partial charge in [-0.25, -0.2) is 0 Å². The highest BCUT2D eigenvalue weighted by Crippen LogP contribution is 2.44. The minimum atomic E-state index is 0.0694. The predicted molar refractivity (Wildman–Crippen MR) is 194 cm³/mol. The van der Waals surface area contributed by atoms with Gasteiger partial charge in [-0.2, -0.15) is 0 Å². The number of hydrogen-bond acceptors (Lipinski definition) is 2. The summed E-state index contributed by atoms with van der Waals surface area (Å²) in [4.78, 5) is 0. The quantitative estimate of drug-likeness (QED) is 0.172. The molecule has 2 aromatic carbocycles. The molecule has 6 rings (SSSR count). The summed E-state index contributed by atoms with van der Waals surface area (Å²) in [5, 5.41) is 3.97. The molecule has 0 spiro atoms. The lowest BCUT2D eigenvalue weighted by atomic mass is 9.78. The number of aromatic nitrogens is 1. The summed E-state index contributed by atoms with van der Waals surface area (Å²) in [6.45, 7) is 7.68. The number of para-hydroxylation sites is 1. The minimum absolute atomic E-state index is 0.0694. The standard InChI is InChI=1S/C42H45N3/c1-3-4-5-7-18-31(2)41-38(44-37-26-14-11-23-34(37)32-19-8-6-9-20-32)28-29-40-42(41)35-24-12-15-27-39(35)45(40)30-17-16-22-33-21-10-13-25-36(33)43/h3-4,6-11,14-16,18-23,26-29,38,41,44H,2,5,12-13,17,24-25,30,43H2,1H3/b4-3-,18-7-,22-16-. The summed E-state index contributed by atoms with van der Waals surface area (Å²) in [6.07, 6.45) is 33.0. The molecule has 0 aliphatic heterocycles. The molecule has 0 saturated carbocycles. The number of anilines is 1. The molecule has 0 saturated heterocycles. The monoisotopic (exact) mass is 591 g/mol.